The maximum atomic E-state index is 4.76. The van der Waals surface area contributed by atoms with Gasteiger partial charge in [0.15, 0.2) is 15.8 Å². The van der Waals surface area contributed by atoms with E-state index < -0.39 is 0 Å². The van der Waals surface area contributed by atoms with E-state index in [1.54, 1.807) is 6.33 Å². The van der Waals surface area contributed by atoms with E-state index in [-0.39, 0.29) is 5.41 Å². The Labute approximate surface area is 175 Å². The Morgan fingerprint density at radius 3 is 2.21 bits per heavy atom. The summed E-state index contributed by atoms with van der Waals surface area (Å²) in [5, 5.41) is 7.66. The zero-order chi connectivity index (χ0) is 20.6. The number of nitrogens with one attached hydrogen (secondary N) is 2. The number of hydrogen-bond donors (Lipinski definition) is 2. The molecule has 2 heterocycles. The molecule has 2 aromatic heterocycles. The summed E-state index contributed by atoms with van der Waals surface area (Å²) >= 11 is 1.53. The number of benzene rings is 2. The summed E-state index contributed by atoms with van der Waals surface area (Å²) in [5.74, 6) is 0.712. The summed E-state index contributed by atoms with van der Waals surface area (Å²) in [5.41, 5.74) is 6.64. The van der Waals surface area contributed by atoms with Crippen LogP contribution in [0.3, 0.4) is 0 Å². The number of anilines is 4. The molecule has 6 heteroatoms. The van der Waals surface area contributed by atoms with Crippen molar-refractivity contribution in [1.82, 2.24) is 15.0 Å². The van der Waals surface area contributed by atoms with Crippen molar-refractivity contribution in [3.05, 3.63) is 65.5 Å². The monoisotopic (exact) mass is 403 g/mol. The number of aromatic nitrogens is 3. The summed E-state index contributed by atoms with van der Waals surface area (Å²) in [6, 6.07) is 14.7. The van der Waals surface area contributed by atoms with Crippen molar-refractivity contribution in [3.8, 4) is 0 Å². The molecule has 2 N–H and O–H groups in total. The summed E-state index contributed by atoms with van der Waals surface area (Å²) < 4.78 is 0. The highest BCUT2D eigenvalue weighted by Crippen LogP contribution is 2.33. The molecule has 0 saturated carbocycles. The molecule has 29 heavy (non-hydrogen) atoms. The van der Waals surface area contributed by atoms with Gasteiger partial charge in [0.05, 0.1) is 0 Å². The molecule has 5 nitrogen and oxygen atoms in total. The van der Waals surface area contributed by atoms with Crippen LogP contribution in [-0.4, -0.2) is 15.0 Å². The number of thiazole rings is 1. The van der Waals surface area contributed by atoms with Gasteiger partial charge in [-0.15, -0.1) is 0 Å². The van der Waals surface area contributed by atoms with E-state index in [0.717, 1.165) is 26.9 Å². The van der Waals surface area contributed by atoms with Crippen molar-refractivity contribution >= 4 is 44.0 Å². The largest absolute Gasteiger partial charge is 0.338 e. The minimum atomic E-state index is 0.129. The minimum absolute atomic E-state index is 0.129. The fraction of sp³-hybridized carbons (Fsp3) is 0.261. The number of nitrogens with zero attached hydrogens (tertiary/aromatic N) is 3. The third-order valence-electron chi connectivity index (χ3n) is 4.92. The summed E-state index contributed by atoms with van der Waals surface area (Å²) in [6.45, 7) is 10.8. The van der Waals surface area contributed by atoms with Gasteiger partial charge in [-0.05, 0) is 48.1 Å². The number of fused-ring (bicyclic) bond motifs is 1. The molecular weight excluding hydrogens is 378 g/mol. The van der Waals surface area contributed by atoms with Crippen LogP contribution in [-0.2, 0) is 5.41 Å². The maximum Gasteiger partial charge on any atom is 0.189 e. The fourth-order valence-electron chi connectivity index (χ4n) is 3.21. The minimum Gasteiger partial charge on any atom is -0.338 e. The van der Waals surface area contributed by atoms with Crippen LogP contribution in [0.15, 0.2) is 48.8 Å². The van der Waals surface area contributed by atoms with Gasteiger partial charge >= 0.3 is 0 Å². The van der Waals surface area contributed by atoms with E-state index in [1.807, 2.05) is 0 Å². The van der Waals surface area contributed by atoms with Gasteiger partial charge in [-0.1, -0.05) is 62.4 Å². The Morgan fingerprint density at radius 1 is 0.862 bits per heavy atom. The average molecular weight is 404 g/mol. The lowest BCUT2D eigenvalue weighted by molar-refractivity contribution is 0.590. The molecular formula is C23H25N5S. The standard InChI is InChI=1S/C23H25N5S/c1-14-7-6-8-15(2)18(14)27-22-28-19-20(24-13-25-21(19)29-22)26-17-11-9-16(10-12-17)23(3,4)5/h6-13H,1-5H3,(H,27,28)(H,24,25,26). The fourth-order valence-corrected chi connectivity index (χ4v) is 4.02. The van der Waals surface area contributed by atoms with Gasteiger partial charge in [0, 0.05) is 11.4 Å². The molecule has 0 aliphatic rings. The number of hydrogen-bond acceptors (Lipinski definition) is 6. The van der Waals surface area contributed by atoms with Crippen LogP contribution in [0.1, 0.15) is 37.5 Å². The molecule has 4 rings (SSSR count). The SMILES string of the molecule is Cc1cccc(C)c1Nc1nc2c(Nc3ccc(C(C)(C)C)cc3)ncnc2s1. The van der Waals surface area contributed by atoms with Crippen LogP contribution < -0.4 is 10.6 Å². The van der Waals surface area contributed by atoms with Crippen molar-refractivity contribution in [2.75, 3.05) is 10.6 Å². The Hall–Kier alpha value is -2.99. The van der Waals surface area contributed by atoms with Crippen LogP contribution in [0.4, 0.5) is 22.3 Å². The summed E-state index contributed by atoms with van der Waals surface area (Å²) in [4.78, 5) is 14.4. The normalized spacial score (nSPS) is 11.6. The number of para-hydroxylation sites is 1. The zero-order valence-electron chi connectivity index (χ0n) is 17.4. The molecule has 0 aliphatic heterocycles. The van der Waals surface area contributed by atoms with Crippen molar-refractivity contribution < 1.29 is 0 Å². The van der Waals surface area contributed by atoms with Gasteiger partial charge in [-0.2, -0.15) is 0 Å². The molecule has 2 aromatic carbocycles. The van der Waals surface area contributed by atoms with E-state index in [4.69, 9.17) is 4.98 Å². The second-order valence-corrected chi connectivity index (χ2v) is 9.22. The topological polar surface area (TPSA) is 62.7 Å². The van der Waals surface area contributed by atoms with Gasteiger partial charge < -0.3 is 10.6 Å². The molecule has 0 bridgehead atoms. The predicted molar refractivity (Wildman–Crippen MR) is 123 cm³/mol. The van der Waals surface area contributed by atoms with E-state index in [0.29, 0.717) is 5.82 Å². The second kappa shape index (κ2) is 7.44. The first-order valence-electron chi connectivity index (χ1n) is 9.63. The smallest absolute Gasteiger partial charge is 0.189 e. The molecule has 0 atom stereocenters. The van der Waals surface area contributed by atoms with Gasteiger partial charge in [-0.3, -0.25) is 0 Å². The van der Waals surface area contributed by atoms with Crippen LogP contribution >= 0.6 is 11.3 Å². The molecule has 4 aromatic rings. The highest BCUT2D eigenvalue weighted by Gasteiger charge is 2.15. The van der Waals surface area contributed by atoms with E-state index >= 15 is 0 Å². The Morgan fingerprint density at radius 2 is 1.55 bits per heavy atom. The molecule has 0 aliphatic carbocycles. The van der Waals surface area contributed by atoms with E-state index in [1.165, 1.54) is 28.0 Å². The van der Waals surface area contributed by atoms with Crippen LogP contribution in [0.25, 0.3) is 10.3 Å². The van der Waals surface area contributed by atoms with Crippen LogP contribution in [0.5, 0.6) is 0 Å². The van der Waals surface area contributed by atoms with Crippen LogP contribution in [0, 0.1) is 13.8 Å². The van der Waals surface area contributed by atoms with Crippen molar-refractivity contribution in [2.24, 2.45) is 0 Å². The first kappa shape index (κ1) is 19.3. The molecule has 0 fully saturated rings. The van der Waals surface area contributed by atoms with Crippen LogP contribution in [0.2, 0.25) is 0 Å². The molecule has 148 valence electrons. The quantitative estimate of drug-likeness (QED) is 0.408. The van der Waals surface area contributed by atoms with E-state index in [2.05, 4.69) is 97.7 Å². The van der Waals surface area contributed by atoms with E-state index in [9.17, 15) is 0 Å². The lowest BCUT2D eigenvalue weighted by Gasteiger charge is -2.19. The Bertz CT molecular complexity index is 1140. The van der Waals surface area contributed by atoms with Gasteiger partial charge in [0.2, 0.25) is 0 Å². The first-order chi connectivity index (χ1) is 13.8. The third kappa shape index (κ3) is 4.07. The Balaban J connectivity index is 1.63. The maximum absolute atomic E-state index is 4.76. The predicted octanol–water partition coefficient (Wildman–Crippen LogP) is 6.49. The molecule has 0 radical (unpaired) electrons. The van der Waals surface area contributed by atoms with Crippen molar-refractivity contribution in [2.45, 2.75) is 40.0 Å². The molecule has 0 spiro atoms. The number of aryl methyl sites for hydroxylation is 2. The van der Waals surface area contributed by atoms with Crippen molar-refractivity contribution in [3.63, 3.8) is 0 Å². The second-order valence-electron chi connectivity index (χ2n) is 8.24. The lowest BCUT2D eigenvalue weighted by atomic mass is 9.87. The molecule has 0 amide bonds. The van der Waals surface area contributed by atoms with Crippen molar-refractivity contribution in [1.29, 1.82) is 0 Å². The first-order valence-corrected chi connectivity index (χ1v) is 10.5. The summed E-state index contributed by atoms with van der Waals surface area (Å²) in [7, 11) is 0. The molecule has 0 unspecified atom stereocenters. The lowest BCUT2D eigenvalue weighted by Crippen LogP contribution is -2.10. The van der Waals surface area contributed by atoms with Gasteiger partial charge in [0.25, 0.3) is 0 Å². The van der Waals surface area contributed by atoms with Gasteiger partial charge in [0.1, 0.15) is 11.8 Å². The highest BCUT2D eigenvalue weighted by atomic mass is 32.1. The number of rotatable bonds is 4. The third-order valence-corrected chi connectivity index (χ3v) is 5.80. The Kier molecular flexibility index (Phi) is 4.96. The molecule has 0 saturated heterocycles. The average Bonchev–Trinajstić information content (AvgIpc) is 3.08. The zero-order valence-corrected chi connectivity index (χ0v) is 18.2. The van der Waals surface area contributed by atoms with Gasteiger partial charge in [-0.25, -0.2) is 15.0 Å². The highest BCUT2D eigenvalue weighted by molar-refractivity contribution is 7.21. The summed E-state index contributed by atoms with van der Waals surface area (Å²) in [6.07, 6.45) is 1.58.